The van der Waals surface area contributed by atoms with Gasteiger partial charge in [0.2, 0.25) is 0 Å². The Balaban J connectivity index is 1.83. The molecule has 5 heteroatoms. The fourth-order valence-electron chi connectivity index (χ4n) is 2.45. The van der Waals surface area contributed by atoms with Crippen molar-refractivity contribution < 1.29 is 0 Å². The lowest BCUT2D eigenvalue weighted by Gasteiger charge is -2.01. The molecular weight excluding hydrogens is 178 g/mol. The molecule has 0 aromatic carbocycles. The molecule has 0 radical (unpaired) electrons. The molecule has 1 fully saturated rings. The summed E-state index contributed by atoms with van der Waals surface area (Å²) < 4.78 is 1.78. The molecule has 5 nitrogen and oxygen atoms in total. The van der Waals surface area contributed by atoms with Crippen LogP contribution in [0, 0.1) is 17.3 Å². The Morgan fingerprint density at radius 2 is 2.21 bits per heavy atom. The SMILES string of the molecule is CC1(C)[C@H](CN)[C@H]1CCn1cnnn1. The van der Waals surface area contributed by atoms with Gasteiger partial charge < -0.3 is 5.73 Å². The Morgan fingerprint density at radius 3 is 2.71 bits per heavy atom. The molecule has 1 aliphatic carbocycles. The molecule has 1 aliphatic rings. The highest BCUT2D eigenvalue weighted by molar-refractivity contribution is 5.04. The van der Waals surface area contributed by atoms with Crippen molar-refractivity contribution >= 4 is 0 Å². The Hall–Kier alpha value is -0.970. The van der Waals surface area contributed by atoms with E-state index < -0.39 is 0 Å². The Bertz CT molecular complexity index is 292. The average Bonchev–Trinajstić information content (AvgIpc) is 2.57. The predicted octanol–water partition coefficient (Wildman–Crippen LogP) is 0.294. The molecule has 0 bridgehead atoms. The van der Waals surface area contributed by atoms with Gasteiger partial charge >= 0.3 is 0 Å². The van der Waals surface area contributed by atoms with Gasteiger partial charge in [-0.1, -0.05) is 13.8 Å². The largest absolute Gasteiger partial charge is 0.330 e. The predicted molar refractivity (Wildman–Crippen MR) is 52.2 cm³/mol. The molecule has 1 aromatic heterocycles. The highest BCUT2D eigenvalue weighted by Gasteiger charge is 2.55. The Labute approximate surface area is 83.7 Å². The molecule has 0 spiro atoms. The van der Waals surface area contributed by atoms with E-state index in [1.807, 2.05) is 0 Å². The van der Waals surface area contributed by atoms with Gasteiger partial charge in [0, 0.05) is 6.54 Å². The molecule has 2 atom stereocenters. The fraction of sp³-hybridized carbons (Fsp3) is 0.889. The van der Waals surface area contributed by atoms with Gasteiger partial charge in [-0.2, -0.15) is 0 Å². The van der Waals surface area contributed by atoms with Crippen LogP contribution in [0.3, 0.4) is 0 Å². The Kier molecular flexibility index (Phi) is 2.26. The molecule has 0 aliphatic heterocycles. The smallest absolute Gasteiger partial charge is 0.138 e. The van der Waals surface area contributed by atoms with Gasteiger partial charge in [-0.05, 0) is 40.6 Å². The molecule has 0 saturated heterocycles. The lowest BCUT2D eigenvalue weighted by atomic mass is 10.1. The van der Waals surface area contributed by atoms with Gasteiger partial charge in [-0.25, -0.2) is 4.68 Å². The first-order valence-electron chi connectivity index (χ1n) is 5.07. The lowest BCUT2D eigenvalue weighted by Crippen LogP contribution is -2.05. The van der Waals surface area contributed by atoms with Gasteiger partial charge in [-0.3, -0.25) is 0 Å². The summed E-state index contributed by atoms with van der Waals surface area (Å²) in [6, 6.07) is 0. The van der Waals surface area contributed by atoms with Crippen LogP contribution in [0.2, 0.25) is 0 Å². The maximum absolute atomic E-state index is 5.70. The van der Waals surface area contributed by atoms with E-state index in [0.717, 1.165) is 25.4 Å². The standard InChI is InChI=1S/C9H17N5/c1-9(2)7(8(9)5-10)3-4-14-6-11-12-13-14/h6-8H,3-5,10H2,1-2H3/t7-,8-/m1/s1. The van der Waals surface area contributed by atoms with Gasteiger partial charge in [-0.15, -0.1) is 5.10 Å². The number of rotatable bonds is 4. The van der Waals surface area contributed by atoms with E-state index >= 15 is 0 Å². The summed E-state index contributed by atoms with van der Waals surface area (Å²) >= 11 is 0. The summed E-state index contributed by atoms with van der Waals surface area (Å²) in [5.74, 6) is 1.41. The summed E-state index contributed by atoms with van der Waals surface area (Å²) in [6.07, 6.45) is 2.78. The molecule has 14 heavy (non-hydrogen) atoms. The van der Waals surface area contributed by atoms with Crippen LogP contribution in [0.1, 0.15) is 20.3 Å². The van der Waals surface area contributed by atoms with Crippen molar-refractivity contribution in [3.8, 4) is 0 Å². The quantitative estimate of drug-likeness (QED) is 0.750. The van der Waals surface area contributed by atoms with Crippen LogP contribution in [-0.2, 0) is 6.54 Å². The van der Waals surface area contributed by atoms with Crippen molar-refractivity contribution in [1.29, 1.82) is 0 Å². The normalized spacial score (nSPS) is 29.1. The van der Waals surface area contributed by atoms with Crippen molar-refractivity contribution in [3.05, 3.63) is 6.33 Å². The zero-order valence-electron chi connectivity index (χ0n) is 8.72. The van der Waals surface area contributed by atoms with Crippen LogP contribution in [0.4, 0.5) is 0 Å². The topological polar surface area (TPSA) is 69.6 Å². The second-order valence-corrected chi connectivity index (χ2v) is 4.63. The molecule has 1 saturated carbocycles. The number of aryl methyl sites for hydroxylation is 1. The molecular formula is C9H17N5. The van der Waals surface area contributed by atoms with Crippen molar-refractivity contribution in [2.45, 2.75) is 26.8 Å². The summed E-state index contributed by atoms with van der Waals surface area (Å²) in [5.41, 5.74) is 6.12. The van der Waals surface area contributed by atoms with E-state index in [1.54, 1.807) is 11.0 Å². The number of hydrogen-bond donors (Lipinski definition) is 1. The monoisotopic (exact) mass is 195 g/mol. The minimum absolute atomic E-state index is 0.419. The highest BCUT2D eigenvalue weighted by atomic mass is 15.5. The molecule has 0 amide bonds. The van der Waals surface area contributed by atoms with E-state index in [-0.39, 0.29) is 0 Å². The van der Waals surface area contributed by atoms with Crippen LogP contribution in [0.15, 0.2) is 6.33 Å². The number of aromatic nitrogens is 4. The molecule has 2 rings (SSSR count). The van der Waals surface area contributed by atoms with Crippen molar-refractivity contribution in [2.75, 3.05) is 6.54 Å². The van der Waals surface area contributed by atoms with E-state index in [1.165, 1.54) is 0 Å². The van der Waals surface area contributed by atoms with Crippen LogP contribution in [0.5, 0.6) is 0 Å². The summed E-state index contributed by atoms with van der Waals surface area (Å²) in [4.78, 5) is 0. The second kappa shape index (κ2) is 3.31. The van der Waals surface area contributed by atoms with Crippen LogP contribution in [0.25, 0.3) is 0 Å². The zero-order chi connectivity index (χ0) is 10.2. The minimum atomic E-state index is 0.419. The fourth-order valence-corrected chi connectivity index (χ4v) is 2.45. The molecule has 2 N–H and O–H groups in total. The van der Waals surface area contributed by atoms with Crippen LogP contribution < -0.4 is 5.73 Å². The zero-order valence-corrected chi connectivity index (χ0v) is 8.72. The summed E-state index contributed by atoms with van der Waals surface area (Å²) in [5, 5.41) is 11.0. The van der Waals surface area contributed by atoms with E-state index in [2.05, 4.69) is 29.4 Å². The van der Waals surface area contributed by atoms with Crippen molar-refractivity contribution in [3.63, 3.8) is 0 Å². The van der Waals surface area contributed by atoms with Gasteiger partial charge in [0.1, 0.15) is 6.33 Å². The maximum atomic E-state index is 5.70. The molecule has 1 heterocycles. The van der Waals surface area contributed by atoms with Gasteiger partial charge in [0.25, 0.3) is 0 Å². The van der Waals surface area contributed by atoms with Crippen molar-refractivity contribution in [2.24, 2.45) is 23.0 Å². The molecule has 0 unspecified atom stereocenters. The molecule has 1 aromatic rings. The number of tetrazole rings is 1. The second-order valence-electron chi connectivity index (χ2n) is 4.63. The third kappa shape index (κ3) is 1.52. The first-order valence-corrected chi connectivity index (χ1v) is 5.07. The van der Waals surface area contributed by atoms with E-state index in [9.17, 15) is 0 Å². The minimum Gasteiger partial charge on any atom is -0.330 e. The van der Waals surface area contributed by atoms with Gasteiger partial charge in [0.15, 0.2) is 0 Å². The first kappa shape index (κ1) is 9.58. The van der Waals surface area contributed by atoms with Crippen LogP contribution >= 0.6 is 0 Å². The lowest BCUT2D eigenvalue weighted by molar-refractivity contribution is 0.470. The summed E-state index contributed by atoms with van der Waals surface area (Å²) in [7, 11) is 0. The van der Waals surface area contributed by atoms with Crippen LogP contribution in [-0.4, -0.2) is 26.8 Å². The Morgan fingerprint density at radius 1 is 1.43 bits per heavy atom. The average molecular weight is 195 g/mol. The maximum Gasteiger partial charge on any atom is 0.138 e. The van der Waals surface area contributed by atoms with Gasteiger partial charge in [0.05, 0.1) is 0 Å². The van der Waals surface area contributed by atoms with E-state index in [0.29, 0.717) is 11.3 Å². The number of hydrogen-bond acceptors (Lipinski definition) is 4. The highest BCUT2D eigenvalue weighted by Crippen LogP contribution is 2.59. The third-order valence-electron chi connectivity index (χ3n) is 3.60. The van der Waals surface area contributed by atoms with Crippen molar-refractivity contribution in [1.82, 2.24) is 20.2 Å². The van der Waals surface area contributed by atoms with E-state index in [4.69, 9.17) is 5.73 Å². The summed E-state index contributed by atoms with van der Waals surface area (Å²) in [6.45, 7) is 6.27. The first-order chi connectivity index (χ1) is 6.66. The number of nitrogens with zero attached hydrogens (tertiary/aromatic N) is 4. The third-order valence-corrected chi connectivity index (χ3v) is 3.60. The molecule has 78 valence electrons. The number of nitrogens with two attached hydrogens (primary N) is 1.